The van der Waals surface area contributed by atoms with Gasteiger partial charge in [0.2, 0.25) is 10.0 Å². The predicted molar refractivity (Wildman–Crippen MR) is 155 cm³/mol. The Hall–Kier alpha value is 0.370. The van der Waals surface area contributed by atoms with E-state index < -0.39 is 16.1 Å². The molecule has 36 heavy (non-hydrogen) atoms. The summed E-state index contributed by atoms with van der Waals surface area (Å²) >= 11 is 7.71. The molecule has 2 aliphatic rings. The van der Waals surface area contributed by atoms with Crippen molar-refractivity contribution in [3.63, 3.8) is 0 Å². The van der Waals surface area contributed by atoms with Crippen molar-refractivity contribution in [1.29, 1.82) is 0 Å². The van der Waals surface area contributed by atoms with E-state index >= 15 is 0 Å². The van der Waals surface area contributed by atoms with Crippen LogP contribution in [0.2, 0.25) is 0 Å². The first-order valence-corrected chi connectivity index (χ1v) is 16.8. The van der Waals surface area contributed by atoms with Gasteiger partial charge in [-0.3, -0.25) is 9.80 Å². The van der Waals surface area contributed by atoms with Gasteiger partial charge in [-0.2, -0.15) is 0 Å². The second-order valence-electron chi connectivity index (χ2n) is 10.2. The molecule has 2 fully saturated rings. The van der Waals surface area contributed by atoms with Crippen molar-refractivity contribution in [3.05, 3.63) is 14.3 Å². The van der Waals surface area contributed by atoms with E-state index in [1.807, 2.05) is 0 Å². The van der Waals surface area contributed by atoms with Crippen LogP contribution in [0.25, 0.3) is 0 Å². The molecule has 0 radical (unpaired) electrons. The molecule has 1 aromatic rings. The van der Waals surface area contributed by atoms with Crippen LogP contribution >= 0.6 is 43.2 Å². The SMILES string of the molecule is C[C@@H]1CCC[C@H](C)N1C[C@@H](O)CN.C[C@@H]1CCC[C@H](C)N1C[C@@H](O)CNS(=O)(=O)c1cc(Br)c(Br)s1. The van der Waals surface area contributed by atoms with Gasteiger partial charge in [0, 0.05) is 54.8 Å². The molecule has 2 saturated heterocycles. The third kappa shape index (κ3) is 9.84. The summed E-state index contributed by atoms with van der Waals surface area (Å²) in [7, 11) is -3.59. The number of hydrogen-bond acceptors (Lipinski definition) is 8. The van der Waals surface area contributed by atoms with E-state index in [4.69, 9.17) is 5.73 Å². The topological polar surface area (TPSA) is 119 Å². The molecule has 0 aromatic carbocycles. The van der Waals surface area contributed by atoms with Crippen LogP contribution in [0.3, 0.4) is 0 Å². The third-order valence-corrected chi connectivity index (χ3v) is 12.4. The van der Waals surface area contributed by atoms with E-state index in [1.54, 1.807) is 6.07 Å². The van der Waals surface area contributed by atoms with Crippen LogP contribution < -0.4 is 10.5 Å². The molecule has 0 unspecified atom stereocenters. The number of likely N-dealkylation sites (tertiary alicyclic amines) is 2. The van der Waals surface area contributed by atoms with Gasteiger partial charge < -0.3 is 15.9 Å². The van der Waals surface area contributed by atoms with Crippen molar-refractivity contribution >= 4 is 53.2 Å². The lowest BCUT2D eigenvalue weighted by Gasteiger charge is -2.40. The highest BCUT2D eigenvalue weighted by Gasteiger charge is 2.28. The van der Waals surface area contributed by atoms with Crippen LogP contribution in [-0.4, -0.2) is 91.0 Å². The number of nitrogens with zero attached hydrogens (tertiary/aromatic N) is 2. The number of halogens is 2. The molecule has 3 rings (SSSR count). The van der Waals surface area contributed by atoms with Crippen LogP contribution in [0.5, 0.6) is 0 Å². The van der Waals surface area contributed by atoms with Gasteiger partial charge >= 0.3 is 0 Å². The lowest BCUT2D eigenvalue weighted by Crippen LogP contribution is -2.49. The molecule has 0 saturated carbocycles. The maximum absolute atomic E-state index is 12.3. The minimum absolute atomic E-state index is 0.0193. The first kappa shape index (κ1) is 32.6. The molecule has 0 spiro atoms. The molecule has 3 heterocycles. The summed E-state index contributed by atoms with van der Waals surface area (Å²) in [6, 6.07) is 3.61. The lowest BCUT2D eigenvalue weighted by atomic mass is 9.97. The Morgan fingerprint density at radius 3 is 1.81 bits per heavy atom. The third-order valence-electron chi connectivity index (χ3n) is 7.26. The minimum atomic E-state index is -3.59. The van der Waals surface area contributed by atoms with Gasteiger partial charge in [-0.15, -0.1) is 11.3 Å². The van der Waals surface area contributed by atoms with Gasteiger partial charge in [0.25, 0.3) is 0 Å². The van der Waals surface area contributed by atoms with E-state index in [-0.39, 0.29) is 16.9 Å². The average molecular weight is 677 g/mol. The summed E-state index contributed by atoms with van der Waals surface area (Å²) in [5.74, 6) is 0. The van der Waals surface area contributed by atoms with E-state index in [0.29, 0.717) is 41.7 Å². The molecule has 8 nitrogen and oxygen atoms in total. The van der Waals surface area contributed by atoms with Crippen molar-refractivity contribution in [2.75, 3.05) is 26.2 Å². The fourth-order valence-electron chi connectivity index (χ4n) is 5.03. The normalized spacial score (nSPS) is 27.8. The van der Waals surface area contributed by atoms with Crippen LogP contribution in [0, 0.1) is 0 Å². The number of aliphatic hydroxyl groups is 2. The molecule has 2 aliphatic heterocycles. The molecule has 5 N–H and O–H groups in total. The van der Waals surface area contributed by atoms with E-state index in [2.05, 4.69) is 74.1 Å². The summed E-state index contributed by atoms with van der Waals surface area (Å²) in [5, 5.41) is 19.7. The first-order chi connectivity index (χ1) is 16.9. The van der Waals surface area contributed by atoms with Gasteiger partial charge in [0.15, 0.2) is 0 Å². The zero-order valence-corrected chi connectivity index (χ0v) is 26.7. The van der Waals surface area contributed by atoms with Gasteiger partial charge in [0.1, 0.15) is 4.21 Å². The number of nitrogens with two attached hydrogens (primary N) is 1. The van der Waals surface area contributed by atoms with Gasteiger partial charge in [-0.05, 0) is 91.3 Å². The molecular weight excluding hydrogens is 632 g/mol. The number of hydrogen-bond donors (Lipinski definition) is 4. The number of nitrogens with one attached hydrogen (secondary N) is 1. The Balaban J connectivity index is 0.000000297. The Morgan fingerprint density at radius 2 is 1.42 bits per heavy atom. The van der Waals surface area contributed by atoms with E-state index in [1.165, 1.54) is 25.7 Å². The molecule has 0 aliphatic carbocycles. The summed E-state index contributed by atoms with van der Waals surface area (Å²) < 4.78 is 28.7. The number of thiophene rings is 1. The lowest BCUT2D eigenvalue weighted by molar-refractivity contribution is 0.0438. The molecule has 6 atom stereocenters. The number of sulfonamides is 1. The Bertz CT molecular complexity index is 865. The monoisotopic (exact) mass is 674 g/mol. The second kappa shape index (κ2) is 15.2. The predicted octanol–water partition coefficient (Wildman–Crippen LogP) is 3.74. The largest absolute Gasteiger partial charge is 0.390 e. The van der Waals surface area contributed by atoms with Crippen molar-refractivity contribution in [3.8, 4) is 0 Å². The summed E-state index contributed by atoms with van der Waals surface area (Å²) in [6.07, 6.45) is 6.20. The van der Waals surface area contributed by atoms with Gasteiger partial charge in [0.05, 0.1) is 16.0 Å². The Kier molecular flexibility index (Phi) is 13.8. The van der Waals surface area contributed by atoms with E-state index in [9.17, 15) is 18.6 Å². The quantitative estimate of drug-likeness (QED) is 0.315. The number of aliphatic hydroxyl groups excluding tert-OH is 2. The van der Waals surface area contributed by atoms with Crippen LogP contribution in [0.15, 0.2) is 18.5 Å². The molecular formula is C24H44Br2N4O4S2. The van der Waals surface area contributed by atoms with Gasteiger partial charge in [-0.1, -0.05) is 12.8 Å². The van der Waals surface area contributed by atoms with Gasteiger partial charge in [-0.25, -0.2) is 13.1 Å². The van der Waals surface area contributed by atoms with E-state index in [0.717, 1.165) is 34.5 Å². The van der Waals surface area contributed by atoms with Crippen molar-refractivity contribution in [1.82, 2.24) is 14.5 Å². The van der Waals surface area contributed by atoms with Crippen molar-refractivity contribution in [2.24, 2.45) is 5.73 Å². The fraction of sp³-hybridized carbons (Fsp3) is 0.833. The van der Waals surface area contributed by atoms with Crippen LogP contribution in [0.1, 0.15) is 66.2 Å². The zero-order valence-electron chi connectivity index (χ0n) is 21.9. The van der Waals surface area contributed by atoms with Crippen LogP contribution in [0.4, 0.5) is 0 Å². The number of β-amino-alcohol motifs (C(OH)–C–C–N with tert-alkyl or cyclic N) is 2. The maximum Gasteiger partial charge on any atom is 0.250 e. The fourth-order valence-corrected chi connectivity index (χ4v) is 8.97. The number of rotatable bonds is 9. The first-order valence-electron chi connectivity index (χ1n) is 12.9. The molecule has 0 bridgehead atoms. The Morgan fingerprint density at radius 1 is 0.972 bits per heavy atom. The summed E-state index contributed by atoms with van der Waals surface area (Å²) in [6.45, 7) is 10.4. The van der Waals surface area contributed by atoms with Crippen LogP contribution in [-0.2, 0) is 10.0 Å². The average Bonchev–Trinajstić information content (AvgIpc) is 3.17. The molecule has 12 heteroatoms. The Labute approximate surface area is 238 Å². The summed E-state index contributed by atoms with van der Waals surface area (Å²) in [5.41, 5.74) is 5.40. The molecule has 1 aromatic heterocycles. The minimum Gasteiger partial charge on any atom is -0.390 e. The highest BCUT2D eigenvalue weighted by molar-refractivity contribution is 9.13. The number of piperidine rings is 2. The van der Waals surface area contributed by atoms with Crippen molar-refractivity contribution < 1.29 is 18.6 Å². The highest BCUT2D eigenvalue weighted by atomic mass is 79.9. The zero-order chi connectivity index (χ0) is 27.0. The maximum atomic E-state index is 12.3. The summed E-state index contributed by atoms with van der Waals surface area (Å²) in [4.78, 5) is 4.64. The molecule has 0 amide bonds. The smallest absolute Gasteiger partial charge is 0.250 e. The standard InChI is InChI=1S/C14H22Br2N2O3S2.C10H22N2O/c1-9-4-3-5-10(2)18(9)8-11(19)7-17-23(20,21)13-6-12(15)14(16)22-13;1-8-4-3-5-9(2)12(8)7-10(13)6-11/h6,9-11,17,19H,3-5,7-8H2,1-2H3;8-10,13H,3-7,11H2,1-2H3/t9-,10+,11-;8-,9+,10-/m00/s1. The highest BCUT2D eigenvalue weighted by Crippen LogP contribution is 2.34. The second-order valence-corrected chi connectivity index (χ2v) is 15.5. The van der Waals surface area contributed by atoms with Crippen molar-refractivity contribution in [2.45, 2.75) is 107 Å². The molecule has 210 valence electrons.